The Morgan fingerprint density at radius 1 is 1.47 bits per heavy atom. The van der Waals surface area contributed by atoms with E-state index < -0.39 is 5.91 Å². The number of nitrogens with two attached hydrogens (primary N) is 1. The zero-order chi connectivity index (χ0) is 12.7. The first-order valence-corrected chi connectivity index (χ1v) is 4.86. The molecule has 0 aliphatic carbocycles. The van der Waals surface area contributed by atoms with Gasteiger partial charge in [0.15, 0.2) is 5.69 Å². The highest BCUT2D eigenvalue weighted by Crippen LogP contribution is 2.00. The molecule has 0 unspecified atom stereocenters. The van der Waals surface area contributed by atoms with Crippen molar-refractivity contribution in [2.24, 2.45) is 5.73 Å². The molecule has 0 bridgehead atoms. The van der Waals surface area contributed by atoms with E-state index in [1.165, 1.54) is 10.9 Å². The minimum absolute atomic E-state index is 0.101. The van der Waals surface area contributed by atoms with Crippen LogP contribution in [0.3, 0.4) is 0 Å². The molecule has 0 aliphatic rings. The van der Waals surface area contributed by atoms with Gasteiger partial charge in [-0.25, -0.2) is 0 Å². The molecule has 0 atom stereocenters. The summed E-state index contributed by atoms with van der Waals surface area (Å²) in [6, 6.07) is 3.63. The third-order valence-electron chi connectivity index (χ3n) is 1.93. The summed E-state index contributed by atoms with van der Waals surface area (Å²) < 4.78 is 1.43. The molecule has 1 rings (SSSR count). The summed E-state index contributed by atoms with van der Waals surface area (Å²) in [5.41, 5.74) is 5.43. The molecule has 0 fully saturated rings. The van der Waals surface area contributed by atoms with E-state index in [1.54, 1.807) is 0 Å². The number of rotatable bonds is 5. The van der Waals surface area contributed by atoms with Crippen molar-refractivity contribution in [1.29, 1.82) is 10.5 Å². The van der Waals surface area contributed by atoms with Gasteiger partial charge in [-0.05, 0) is 0 Å². The number of amides is 1. The third-order valence-corrected chi connectivity index (χ3v) is 1.93. The van der Waals surface area contributed by atoms with E-state index in [-0.39, 0.29) is 18.8 Å². The van der Waals surface area contributed by atoms with Gasteiger partial charge in [0.2, 0.25) is 0 Å². The number of carbonyl (C=O) groups excluding carboxylic acids is 1. The maximum atomic E-state index is 11.8. The van der Waals surface area contributed by atoms with Gasteiger partial charge in [0, 0.05) is 6.54 Å². The molecular weight excluding hydrogens is 222 g/mol. The van der Waals surface area contributed by atoms with Crippen LogP contribution in [0.1, 0.15) is 10.5 Å². The molecule has 1 heterocycles. The zero-order valence-corrected chi connectivity index (χ0v) is 9.07. The lowest BCUT2D eigenvalue weighted by atomic mass is 10.3. The molecule has 8 nitrogen and oxygen atoms in total. The van der Waals surface area contributed by atoms with Crippen LogP contribution in [0.2, 0.25) is 0 Å². The molecule has 0 spiro atoms. The lowest BCUT2D eigenvalue weighted by Crippen LogP contribution is -2.32. The lowest BCUT2D eigenvalue weighted by Gasteiger charge is -2.13. The smallest absolute Gasteiger partial charge is 0.277 e. The zero-order valence-electron chi connectivity index (χ0n) is 9.07. The van der Waals surface area contributed by atoms with Crippen LogP contribution in [0, 0.1) is 22.7 Å². The number of hydrogen-bond acceptors (Lipinski definition) is 6. The fourth-order valence-corrected chi connectivity index (χ4v) is 1.17. The van der Waals surface area contributed by atoms with Crippen LogP contribution < -0.4 is 5.73 Å². The normalized spacial score (nSPS) is 9.35. The molecule has 0 saturated carbocycles. The van der Waals surface area contributed by atoms with Gasteiger partial charge in [0.25, 0.3) is 5.91 Å². The number of nitrogens with zero attached hydrogens (tertiary/aromatic N) is 6. The van der Waals surface area contributed by atoms with Crippen molar-refractivity contribution in [3.05, 3.63) is 11.9 Å². The van der Waals surface area contributed by atoms with Crippen LogP contribution in [0.15, 0.2) is 6.20 Å². The molecule has 0 aromatic carbocycles. The molecule has 17 heavy (non-hydrogen) atoms. The van der Waals surface area contributed by atoms with Gasteiger partial charge < -0.3 is 10.6 Å². The molecule has 1 aromatic rings. The van der Waals surface area contributed by atoms with Gasteiger partial charge in [-0.15, -0.1) is 5.10 Å². The monoisotopic (exact) mass is 233 g/mol. The average molecular weight is 233 g/mol. The van der Waals surface area contributed by atoms with Gasteiger partial charge in [-0.2, -0.15) is 10.5 Å². The summed E-state index contributed by atoms with van der Waals surface area (Å²) in [7, 11) is 0. The summed E-state index contributed by atoms with van der Waals surface area (Å²) in [4.78, 5) is 12.9. The maximum Gasteiger partial charge on any atom is 0.277 e. The van der Waals surface area contributed by atoms with Gasteiger partial charge in [0.05, 0.1) is 24.9 Å². The largest absolute Gasteiger partial charge is 0.329 e. The molecule has 0 saturated heterocycles. The lowest BCUT2D eigenvalue weighted by molar-refractivity contribution is 0.0789. The highest BCUT2D eigenvalue weighted by atomic mass is 16.2. The number of hydrogen-bond donors (Lipinski definition) is 1. The standard InChI is InChI=1S/C9H11N7O/c10-1-4-15(5-2-11)9(17)8-7-16(6-3-12)14-13-8/h7H,3-6,12H2. The van der Waals surface area contributed by atoms with E-state index in [2.05, 4.69) is 10.3 Å². The summed E-state index contributed by atoms with van der Waals surface area (Å²) in [5, 5.41) is 24.4. The Bertz CT molecular complexity index is 450. The highest BCUT2D eigenvalue weighted by molar-refractivity contribution is 5.92. The van der Waals surface area contributed by atoms with Gasteiger partial charge in [-0.3, -0.25) is 9.48 Å². The predicted octanol–water partition coefficient (Wildman–Crippen LogP) is -1.27. The molecule has 1 amide bonds. The van der Waals surface area contributed by atoms with Crippen LogP contribution in [-0.2, 0) is 6.54 Å². The van der Waals surface area contributed by atoms with Crippen LogP contribution in [0.25, 0.3) is 0 Å². The maximum absolute atomic E-state index is 11.8. The second kappa shape index (κ2) is 6.20. The van der Waals surface area contributed by atoms with E-state index in [9.17, 15) is 4.79 Å². The number of aromatic nitrogens is 3. The number of nitriles is 2. The summed E-state index contributed by atoms with van der Waals surface area (Å²) in [5.74, 6) is -0.489. The van der Waals surface area contributed by atoms with E-state index in [4.69, 9.17) is 16.3 Å². The van der Waals surface area contributed by atoms with Gasteiger partial charge in [-0.1, -0.05) is 5.21 Å². The number of carbonyl (C=O) groups is 1. The van der Waals surface area contributed by atoms with Gasteiger partial charge in [0.1, 0.15) is 13.1 Å². The van der Waals surface area contributed by atoms with Crippen molar-refractivity contribution < 1.29 is 4.79 Å². The Morgan fingerprint density at radius 3 is 2.65 bits per heavy atom. The predicted molar refractivity (Wildman–Crippen MR) is 56.2 cm³/mol. The van der Waals surface area contributed by atoms with Crippen molar-refractivity contribution in [3.8, 4) is 12.1 Å². The summed E-state index contributed by atoms with van der Waals surface area (Å²) >= 11 is 0. The second-order valence-electron chi connectivity index (χ2n) is 3.13. The van der Waals surface area contributed by atoms with Crippen LogP contribution in [0.5, 0.6) is 0 Å². The Balaban J connectivity index is 2.79. The minimum atomic E-state index is -0.489. The van der Waals surface area contributed by atoms with E-state index >= 15 is 0 Å². The van der Waals surface area contributed by atoms with Gasteiger partial charge >= 0.3 is 0 Å². The topological polar surface area (TPSA) is 125 Å². The van der Waals surface area contributed by atoms with Crippen molar-refractivity contribution in [3.63, 3.8) is 0 Å². The van der Waals surface area contributed by atoms with Crippen LogP contribution in [-0.4, -0.2) is 45.4 Å². The first kappa shape index (κ1) is 12.6. The first-order valence-electron chi connectivity index (χ1n) is 4.86. The Kier molecular flexibility index (Phi) is 4.60. The Hall–Kier alpha value is -2.45. The fraction of sp³-hybridized carbons (Fsp3) is 0.444. The molecular formula is C9H11N7O. The third kappa shape index (κ3) is 3.26. The van der Waals surface area contributed by atoms with E-state index in [1.807, 2.05) is 12.1 Å². The average Bonchev–Trinajstić information content (AvgIpc) is 2.77. The van der Waals surface area contributed by atoms with Crippen molar-refractivity contribution in [2.45, 2.75) is 6.54 Å². The Labute approximate surface area is 97.8 Å². The van der Waals surface area contributed by atoms with Crippen LogP contribution in [0.4, 0.5) is 0 Å². The van der Waals surface area contributed by atoms with Crippen molar-refractivity contribution >= 4 is 5.91 Å². The quantitative estimate of drug-likeness (QED) is 0.632. The molecule has 8 heteroatoms. The second-order valence-corrected chi connectivity index (χ2v) is 3.13. The van der Waals surface area contributed by atoms with E-state index in [0.717, 1.165) is 4.90 Å². The van der Waals surface area contributed by atoms with Crippen LogP contribution >= 0.6 is 0 Å². The summed E-state index contributed by atoms with van der Waals surface area (Å²) in [6.07, 6.45) is 1.44. The van der Waals surface area contributed by atoms with Crippen molar-refractivity contribution in [1.82, 2.24) is 19.9 Å². The summed E-state index contributed by atoms with van der Waals surface area (Å²) in [6.45, 7) is 0.528. The first-order chi connectivity index (χ1) is 8.22. The van der Waals surface area contributed by atoms with Crippen molar-refractivity contribution in [2.75, 3.05) is 19.6 Å². The molecule has 88 valence electrons. The van der Waals surface area contributed by atoms with E-state index in [0.29, 0.717) is 13.1 Å². The minimum Gasteiger partial charge on any atom is -0.329 e. The SMILES string of the molecule is N#CCN(CC#N)C(=O)c1cn(CCN)nn1. The molecule has 0 radical (unpaired) electrons. The molecule has 1 aromatic heterocycles. The fourth-order valence-electron chi connectivity index (χ4n) is 1.17. The molecule has 2 N–H and O–H groups in total. The molecule has 0 aliphatic heterocycles. The Morgan fingerprint density at radius 2 is 2.12 bits per heavy atom. The highest BCUT2D eigenvalue weighted by Gasteiger charge is 2.18.